The lowest BCUT2D eigenvalue weighted by Gasteiger charge is -2.34. The summed E-state index contributed by atoms with van der Waals surface area (Å²) in [5.74, 6) is 0.384. The van der Waals surface area contributed by atoms with Crippen LogP contribution in [0.4, 0.5) is 5.82 Å². The van der Waals surface area contributed by atoms with Gasteiger partial charge in [0.15, 0.2) is 11.5 Å². The van der Waals surface area contributed by atoms with E-state index < -0.39 is 23.3 Å². The average molecular weight is 507 g/mol. The zero-order chi connectivity index (χ0) is 20.4. The fourth-order valence-electron chi connectivity index (χ4n) is 4.83. The van der Waals surface area contributed by atoms with Crippen molar-refractivity contribution in [1.82, 2.24) is 19.5 Å². The fraction of sp³-hybridized carbons (Fsp3) is 0.450. The van der Waals surface area contributed by atoms with Crippen LogP contribution in [-0.2, 0) is 6.54 Å². The molecule has 0 radical (unpaired) electrons. The number of nitrogens with one attached hydrogen (secondary N) is 1. The highest BCUT2D eigenvalue weighted by atomic mass is 127. The van der Waals surface area contributed by atoms with E-state index in [1.807, 2.05) is 18.2 Å². The van der Waals surface area contributed by atoms with Crippen LogP contribution in [0.15, 0.2) is 36.9 Å². The molecule has 0 amide bonds. The molecule has 2 aromatic heterocycles. The summed E-state index contributed by atoms with van der Waals surface area (Å²) in [4.78, 5) is 13.2. The number of rotatable bonds is 5. The molecule has 2 saturated carbocycles. The van der Waals surface area contributed by atoms with E-state index in [0.29, 0.717) is 29.9 Å². The molecule has 0 saturated heterocycles. The van der Waals surface area contributed by atoms with E-state index in [1.54, 1.807) is 17.8 Å². The molecule has 3 aromatic rings. The molecule has 0 spiro atoms. The minimum absolute atomic E-state index is 0.224. The van der Waals surface area contributed by atoms with Gasteiger partial charge in [-0.15, -0.1) is 0 Å². The lowest BCUT2D eigenvalue weighted by atomic mass is 9.88. The summed E-state index contributed by atoms with van der Waals surface area (Å²) in [6.45, 7) is 2.37. The van der Waals surface area contributed by atoms with Gasteiger partial charge in [0.05, 0.1) is 12.4 Å². The molecule has 152 valence electrons. The van der Waals surface area contributed by atoms with Gasteiger partial charge in [-0.3, -0.25) is 0 Å². The zero-order valence-electron chi connectivity index (χ0n) is 15.8. The smallest absolute Gasteiger partial charge is 0.165 e. The summed E-state index contributed by atoms with van der Waals surface area (Å²) >= 11 is 2.28. The van der Waals surface area contributed by atoms with Crippen LogP contribution in [0.25, 0.3) is 11.2 Å². The standard InChI is InChI=1S/C20H22IN5O3/c1-2-19(28)16(27)15(13-7-20(13,19)29)26-10-25-14-17(23-9-24-18(14)26)22-8-11-4-3-5-12(21)6-11/h3-6,9-10,13,15-16,27-29H,2,7-8H2,1H3,(H,22,23,24). The van der Waals surface area contributed by atoms with Crippen LogP contribution in [-0.4, -0.2) is 52.1 Å². The van der Waals surface area contributed by atoms with E-state index in [2.05, 4.69) is 48.9 Å². The molecule has 2 aliphatic rings. The lowest BCUT2D eigenvalue weighted by molar-refractivity contribution is -0.145. The van der Waals surface area contributed by atoms with Crippen LogP contribution in [0.3, 0.4) is 0 Å². The van der Waals surface area contributed by atoms with E-state index in [0.717, 1.165) is 9.13 Å². The topological polar surface area (TPSA) is 116 Å². The molecule has 5 atom stereocenters. The Bertz CT molecular complexity index is 1090. The van der Waals surface area contributed by atoms with Gasteiger partial charge in [-0.2, -0.15) is 0 Å². The van der Waals surface area contributed by atoms with Crippen molar-refractivity contribution in [2.45, 2.75) is 49.7 Å². The van der Waals surface area contributed by atoms with Crippen LogP contribution in [0, 0.1) is 9.49 Å². The summed E-state index contributed by atoms with van der Waals surface area (Å²) < 4.78 is 2.93. The number of hydrogen-bond donors (Lipinski definition) is 4. The van der Waals surface area contributed by atoms with Crippen molar-refractivity contribution in [3.63, 3.8) is 0 Å². The first-order chi connectivity index (χ1) is 13.9. The van der Waals surface area contributed by atoms with Crippen molar-refractivity contribution >= 4 is 39.6 Å². The van der Waals surface area contributed by atoms with Gasteiger partial charge in [0.2, 0.25) is 0 Å². The van der Waals surface area contributed by atoms with Gasteiger partial charge in [0, 0.05) is 16.0 Å². The van der Waals surface area contributed by atoms with Gasteiger partial charge in [-0.05, 0) is 53.1 Å². The second kappa shape index (κ2) is 6.59. The van der Waals surface area contributed by atoms with Crippen molar-refractivity contribution in [3.8, 4) is 0 Å². The van der Waals surface area contributed by atoms with Crippen LogP contribution in [0.2, 0.25) is 0 Å². The summed E-state index contributed by atoms with van der Waals surface area (Å²) in [6.07, 6.45) is 2.73. The molecule has 2 aliphatic carbocycles. The Morgan fingerprint density at radius 2 is 2.10 bits per heavy atom. The summed E-state index contributed by atoms with van der Waals surface area (Å²) in [5.41, 5.74) is -0.464. The molecule has 0 aliphatic heterocycles. The van der Waals surface area contributed by atoms with Gasteiger partial charge < -0.3 is 25.2 Å². The number of aromatic nitrogens is 4. The van der Waals surface area contributed by atoms with Crippen LogP contribution in [0.1, 0.15) is 31.4 Å². The highest BCUT2D eigenvalue weighted by Crippen LogP contribution is 2.66. The minimum atomic E-state index is -1.52. The number of anilines is 1. The molecule has 1 aromatic carbocycles. The van der Waals surface area contributed by atoms with Gasteiger partial charge in [0.25, 0.3) is 0 Å². The van der Waals surface area contributed by atoms with Crippen LogP contribution < -0.4 is 5.32 Å². The monoisotopic (exact) mass is 507 g/mol. The Labute approximate surface area is 181 Å². The van der Waals surface area contributed by atoms with E-state index in [9.17, 15) is 15.3 Å². The maximum atomic E-state index is 10.9. The number of aliphatic hydroxyl groups excluding tert-OH is 1. The number of aliphatic hydroxyl groups is 3. The summed E-state index contributed by atoms with van der Waals surface area (Å²) in [7, 11) is 0. The van der Waals surface area contributed by atoms with E-state index in [-0.39, 0.29) is 12.3 Å². The van der Waals surface area contributed by atoms with Crippen molar-refractivity contribution in [1.29, 1.82) is 0 Å². The first-order valence-corrected chi connectivity index (χ1v) is 10.8. The quantitative estimate of drug-likeness (QED) is 0.390. The van der Waals surface area contributed by atoms with Crippen LogP contribution in [0.5, 0.6) is 0 Å². The number of nitrogens with zero attached hydrogens (tertiary/aromatic N) is 4. The Morgan fingerprint density at radius 1 is 1.28 bits per heavy atom. The number of fused-ring (bicyclic) bond motifs is 2. The number of halogens is 1. The third-order valence-corrected chi connectivity index (χ3v) is 7.20. The first-order valence-electron chi connectivity index (χ1n) is 9.67. The van der Waals surface area contributed by atoms with Crippen molar-refractivity contribution < 1.29 is 15.3 Å². The third-order valence-electron chi connectivity index (χ3n) is 6.53. The van der Waals surface area contributed by atoms with Crippen molar-refractivity contribution in [2.75, 3.05) is 5.32 Å². The van der Waals surface area contributed by atoms with Crippen LogP contribution >= 0.6 is 22.6 Å². The molecule has 8 nitrogen and oxygen atoms in total. The number of hydrogen-bond acceptors (Lipinski definition) is 7. The van der Waals surface area contributed by atoms with E-state index in [1.165, 1.54) is 6.33 Å². The molecule has 2 heterocycles. The van der Waals surface area contributed by atoms with E-state index >= 15 is 0 Å². The molecule has 0 bridgehead atoms. The predicted octanol–water partition coefficient (Wildman–Crippen LogP) is 1.85. The van der Waals surface area contributed by atoms with Gasteiger partial charge in [0.1, 0.15) is 29.2 Å². The Hall–Kier alpha value is -1.82. The fourth-order valence-corrected chi connectivity index (χ4v) is 5.44. The zero-order valence-corrected chi connectivity index (χ0v) is 18.0. The predicted molar refractivity (Wildman–Crippen MR) is 115 cm³/mol. The van der Waals surface area contributed by atoms with Gasteiger partial charge in [-0.25, -0.2) is 15.0 Å². The van der Waals surface area contributed by atoms with Crippen molar-refractivity contribution in [2.24, 2.45) is 5.92 Å². The number of imidazole rings is 1. The maximum Gasteiger partial charge on any atom is 0.165 e. The second-order valence-corrected chi connectivity index (χ2v) is 9.22. The summed E-state index contributed by atoms with van der Waals surface area (Å²) in [6, 6.07) is 7.71. The average Bonchev–Trinajstić information content (AvgIpc) is 3.15. The summed E-state index contributed by atoms with van der Waals surface area (Å²) in [5, 5.41) is 35.8. The maximum absolute atomic E-state index is 10.9. The third kappa shape index (κ3) is 2.71. The molecule has 9 heteroatoms. The lowest BCUT2D eigenvalue weighted by Crippen LogP contribution is -2.51. The highest BCUT2D eigenvalue weighted by molar-refractivity contribution is 14.1. The Balaban J connectivity index is 1.47. The van der Waals surface area contributed by atoms with Crippen molar-refractivity contribution in [3.05, 3.63) is 46.1 Å². The van der Waals surface area contributed by atoms with E-state index in [4.69, 9.17) is 0 Å². The van der Waals surface area contributed by atoms with Gasteiger partial charge in [-0.1, -0.05) is 19.1 Å². The Morgan fingerprint density at radius 3 is 2.83 bits per heavy atom. The number of benzene rings is 1. The molecule has 4 N–H and O–H groups in total. The first kappa shape index (κ1) is 19.2. The SMILES string of the molecule is CCC1(O)C(O)C(n2cnc3c(NCc4cccc(I)c4)ncnc32)C2CC21O. The highest BCUT2D eigenvalue weighted by Gasteiger charge is 2.78. The molecular formula is C20H22IN5O3. The molecular weight excluding hydrogens is 485 g/mol. The molecule has 5 unspecified atom stereocenters. The molecule has 2 fully saturated rings. The molecule has 5 rings (SSSR count). The molecule has 29 heavy (non-hydrogen) atoms. The minimum Gasteiger partial charge on any atom is -0.388 e. The van der Waals surface area contributed by atoms with Gasteiger partial charge >= 0.3 is 0 Å². The largest absolute Gasteiger partial charge is 0.388 e. The normalized spacial score (nSPS) is 33.1. The Kier molecular flexibility index (Phi) is 4.36. The second-order valence-electron chi connectivity index (χ2n) is 7.98.